The molecule has 1 aliphatic carbocycles. The number of carbonyl (C=O) groups is 2. The van der Waals surface area contributed by atoms with Gasteiger partial charge in [0, 0.05) is 5.69 Å². The molecular formula is C18H24N4O2. The number of anilines is 1. The van der Waals surface area contributed by atoms with Gasteiger partial charge in [-0.05, 0) is 51.8 Å². The van der Waals surface area contributed by atoms with Crippen LogP contribution in [0, 0.1) is 18.3 Å². The molecule has 0 saturated heterocycles. The molecule has 0 unspecified atom stereocenters. The van der Waals surface area contributed by atoms with Crippen LogP contribution in [-0.2, 0) is 9.59 Å². The first-order chi connectivity index (χ1) is 11.4. The third kappa shape index (κ3) is 5.07. The lowest BCUT2D eigenvalue weighted by molar-refractivity contribution is -0.124. The fourth-order valence-electron chi connectivity index (χ4n) is 2.93. The van der Waals surface area contributed by atoms with Crippen LogP contribution in [0.4, 0.5) is 5.69 Å². The van der Waals surface area contributed by atoms with Gasteiger partial charge in [0.15, 0.2) is 0 Å². The number of rotatable bonds is 6. The number of hydrogen-bond acceptors (Lipinski definition) is 4. The van der Waals surface area contributed by atoms with Crippen molar-refractivity contribution in [3.63, 3.8) is 0 Å². The first kappa shape index (κ1) is 18.0. The van der Waals surface area contributed by atoms with Crippen LogP contribution in [0.3, 0.4) is 0 Å². The Bertz CT molecular complexity index is 627. The van der Waals surface area contributed by atoms with E-state index in [2.05, 4.69) is 16.7 Å². The van der Waals surface area contributed by atoms with E-state index < -0.39 is 5.54 Å². The monoisotopic (exact) mass is 328 g/mol. The van der Waals surface area contributed by atoms with Gasteiger partial charge in [0.1, 0.15) is 5.54 Å². The number of nitrogens with one attached hydrogen (secondary N) is 2. The number of aryl methyl sites for hydroxylation is 1. The van der Waals surface area contributed by atoms with Gasteiger partial charge in [-0.1, -0.05) is 17.7 Å². The molecule has 6 nitrogen and oxygen atoms in total. The number of nitrogens with zero attached hydrogens (tertiary/aromatic N) is 2. The Balaban J connectivity index is 1.78. The number of carbonyl (C=O) groups excluding carboxylic acids is 2. The molecule has 1 aromatic rings. The molecule has 0 spiro atoms. The second-order valence-electron chi connectivity index (χ2n) is 6.54. The van der Waals surface area contributed by atoms with Gasteiger partial charge in [-0.2, -0.15) is 5.26 Å². The molecule has 0 atom stereocenters. The maximum absolute atomic E-state index is 12.1. The average molecular weight is 328 g/mol. The SMILES string of the molecule is Cc1ccc(NC(=O)CN(C)CC(=O)NC2(C#N)CCCC2)cc1. The van der Waals surface area contributed by atoms with Crippen molar-refractivity contribution >= 4 is 17.5 Å². The Hall–Kier alpha value is -2.39. The Morgan fingerprint density at radius 1 is 1.17 bits per heavy atom. The van der Waals surface area contributed by atoms with E-state index in [9.17, 15) is 14.9 Å². The van der Waals surface area contributed by atoms with E-state index in [0.29, 0.717) is 12.8 Å². The van der Waals surface area contributed by atoms with Crippen molar-refractivity contribution in [1.29, 1.82) is 5.26 Å². The van der Waals surface area contributed by atoms with Crippen LogP contribution in [0.2, 0.25) is 0 Å². The number of benzene rings is 1. The molecule has 1 aromatic carbocycles. The Kier molecular flexibility index (Phi) is 5.93. The van der Waals surface area contributed by atoms with E-state index >= 15 is 0 Å². The lowest BCUT2D eigenvalue weighted by Crippen LogP contribution is -2.49. The smallest absolute Gasteiger partial charge is 0.238 e. The van der Waals surface area contributed by atoms with E-state index in [0.717, 1.165) is 24.1 Å². The predicted molar refractivity (Wildman–Crippen MR) is 92.3 cm³/mol. The number of amides is 2. The largest absolute Gasteiger partial charge is 0.337 e. The highest BCUT2D eigenvalue weighted by atomic mass is 16.2. The molecule has 2 N–H and O–H groups in total. The molecule has 0 aliphatic heterocycles. The minimum Gasteiger partial charge on any atom is -0.337 e. The van der Waals surface area contributed by atoms with Crippen LogP contribution in [0.1, 0.15) is 31.2 Å². The second kappa shape index (κ2) is 7.93. The average Bonchev–Trinajstić information content (AvgIpc) is 2.98. The molecule has 1 fully saturated rings. The zero-order valence-corrected chi connectivity index (χ0v) is 14.3. The Morgan fingerprint density at radius 3 is 2.33 bits per heavy atom. The number of nitriles is 1. The quantitative estimate of drug-likeness (QED) is 0.834. The van der Waals surface area contributed by atoms with Gasteiger partial charge in [0.25, 0.3) is 0 Å². The van der Waals surface area contributed by atoms with Gasteiger partial charge in [0.05, 0.1) is 19.2 Å². The fraction of sp³-hybridized carbons (Fsp3) is 0.500. The molecule has 0 radical (unpaired) electrons. The third-order valence-corrected chi connectivity index (χ3v) is 4.21. The molecule has 0 heterocycles. The van der Waals surface area contributed by atoms with E-state index in [1.54, 1.807) is 11.9 Å². The maximum Gasteiger partial charge on any atom is 0.238 e. The van der Waals surface area contributed by atoms with Gasteiger partial charge in [-0.15, -0.1) is 0 Å². The highest BCUT2D eigenvalue weighted by Gasteiger charge is 2.35. The predicted octanol–water partition coefficient (Wildman–Crippen LogP) is 1.82. The Labute approximate surface area is 142 Å². The molecule has 24 heavy (non-hydrogen) atoms. The van der Waals surface area contributed by atoms with Crippen LogP contribution in [0.25, 0.3) is 0 Å². The lowest BCUT2D eigenvalue weighted by Gasteiger charge is -2.24. The summed E-state index contributed by atoms with van der Waals surface area (Å²) in [5.74, 6) is -0.394. The van der Waals surface area contributed by atoms with Crippen LogP contribution in [0.5, 0.6) is 0 Å². The minimum atomic E-state index is -0.720. The van der Waals surface area contributed by atoms with E-state index in [1.165, 1.54) is 0 Å². The first-order valence-corrected chi connectivity index (χ1v) is 8.20. The molecule has 1 aliphatic rings. The second-order valence-corrected chi connectivity index (χ2v) is 6.54. The third-order valence-electron chi connectivity index (χ3n) is 4.21. The minimum absolute atomic E-state index is 0.0880. The fourth-order valence-corrected chi connectivity index (χ4v) is 2.93. The summed E-state index contributed by atoms with van der Waals surface area (Å²) in [6.07, 6.45) is 3.32. The summed E-state index contributed by atoms with van der Waals surface area (Å²) in [5, 5.41) is 14.9. The van der Waals surface area contributed by atoms with Crippen molar-refractivity contribution in [2.45, 2.75) is 38.1 Å². The van der Waals surface area contributed by atoms with Crippen molar-refractivity contribution in [3.8, 4) is 6.07 Å². The zero-order chi connectivity index (χ0) is 17.6. The van der Waals surface area contributed by atoms with Crippen molar-refractivity contribution in [2.75, 3.05) is 25.5 Å². The maximum atomic E-state index is 12.1. The van der Waals surface area contributed by atoms with Crippen molar-refractivity contribution in [3.05, 3.63) is 29.8 Å². The molecule has 1 saturated carbocycles. The molecule has 2 rings (SSSR count). The van der Waals surface area contributed by atoms with Crippen molar-refractivity contribution < 1.29 is 9.59 Å². The van der Waals surface area contributed by atoms with Gasteiger partial charge in [-0.3, -0.25) is 14.5 Å². The molecule has 2 amide bonds. The summed E-state index contributed by atoms with van der Waals surface area (Å²) in [6, 6.07) is 9.77. The van der Waals surface area contributed by atoms with Gasteiger partial charge in [-0.25, -0.2) is 0 Å². The highest BCUT2D eigenvalue weighted by molar-refractivity contribution is 5.92. The van der Waals surface area contributed by atoms with Gasteiger partial charge < -0.3 is 10.6 Å². The van der Waals surface area contributed by atoms with Crippen molar-refractivity contribution in [1.82, 2.24) is 10.2 Å². The van der Waals surface area contributed by atoms with Crippen LogP contribution >= 0.6 is 0 Å². The molecule has 0 bridgehead atoms. The van der Waals surface area contributed by atoms with E-state index in [4.69, 9.17) is 0 Å². The van der Waals surface area contributed by atoms with Crippen LogP contribution in [0.15, 0.2) is 24.3 Å². The molecule has 128 valence electrons. The standard InChI is InChI=1S/C18H24N4O2/c1-14-5-7-15(8-6-14)20-16(23)11-22(2)12-17(24)21-18(13-19)9-3-4-10-18/h5-8H,3-4,9-12H2,1-2H3,(H,20,23)(H,21,24). The molecular weight excluding hydrogens is 304 g/mol. The van der Waals surface area contributed by atoms with Gasteiger partial charge >= 0.3 is 0 Å². The van der Waals surface area contributed by atoms with Gasteiger partial charge in [0.2, 0.25) is 11.8 Å². The van der Waals surface area contributed by atoms with Crippen LogP contribution in [-0.4, -0.2) is 42.4 Å². The summed E-state index contributed by atoms with van der Waals surface area (Å²) >= 11 is 0. The summed E-state index contributed by atoms with van der Waals surface area (Å²) in [7, 11) is 1.71. The zero-order valence-electron chi connectivity index (χ0n) is 14.3. The topological polar surface area (TPSA) is 85.2 Å². The van der Waals surface area contributed by atoms with Crippen LogP contribution < -0.4 is 10.6 Å². The summed E-state index contributed by atoms with van der Waals surface area (Å²) in [5.41, 5.74) is 1.14. The summed E-state index contributed by atoms with van der Waals surface area (Å²) in [6.45, 7) is 2.18. The molecule has 0 aromatic heterocycles. The summed E-state index contributed by atoms with van der Waals surface area (Å²) < 4.78 is 0. The normalized spacial score (nSPS) is 15.8. The van der Waals surface area contributed by atoms with Crippen molar-refractivity contribution in [2.24, 2.45) is 0 Å². The van der Waals surface area contributed by atoms with E-state index in [1.807, 2.05) is 31.2 Å². The van der Waals surface area contributed by atoms with E-state index in [-0.39, 0.29) is 24.9 Å². The highest BCUT2D eigenvalue weighted by Crippen LogP contribution is 2.28. The number of hydrogen-bond donors (Lipinski definition) is 2. The number of likely N-dealkylation sites (N-methyl/N-ethyl adjacent to an activating group) is 1. The molecule has 6 heteroatoms. The first-order valence-electron chi connectivity index (χ1n) is 8.20. The lowest BCUT2D eigenvalue weighted by atomic mass is 10.00. The summed E-state index contributed by atoms with van der Waals surface area (Å²) in [4.78, 5) is 25.8. The Morgan fingerprint density at radius 2 is 1.75 bits per heavy atom.